The molecule has 1 aliphatic heterocycles. The van der Waals surface area contributed by atoms with Crippen LogP contribution in [-0.2, 0) is 19.1 Å². The van der Waals surface area contributed by atoms with E-state index in [9.17, 15) is 14.4 Å². The number of ether oxygens (including phenoxy) is 2. The van der Waals surface area contributed by atoms with Gasteiger partial charge in [-0.05, 0) is 47.9 Å². The van der Waals surface area contributed by atoms with Crippen LogP contribution in [0.2, 0.25) is 0 Å². The number of carbonyl (C=O) groups is 3. The van der Waals surface area contributed by atoms with Gasteiger partial charge in [0.05, 0.1) is 0 Å². The minimum atomic E-state index is -1.93. The molecule has 1 heterocycles. The summed E-state index contributed by atoms with van der Waals surface area (Å²) in [6.07, 6.45) is -2.51. The average molecular weight is 302 g/mol. The van der Waals surface area contributed by atoms with Crippen LogP contribution in [0.15, 0.2) is 0 Å². The van der Waals surface area contributed by atoms with Crippen molar-refractivity contribution in [1.82, 2.24) is 4.90 Å². The summed E-state index contributed by atoms with van der Waals surface area (Å²) in [6, 6.07) is -1.50. The van der Waals surface area contributed by atoms with E-state index in [2.05, 4.69) is 0 Å². The van der Waals surface area contributed by atoms with E-state index in [-0.39, 0.29) is 0 Å². The van der Waals surface area contributed by atoms with Gasteiger partial charge < -0.3 is 9.47 Å². The summed E-state index contributed by atoms with van der Waals surface area (Å²) in [5.41, 5.74) is -1.73. The van der Waals surface area contributed by atoms with Crippen molar-refractivity contribution in [2.45, 2.75) is 72.1 Å². The molecule has 1 fully saturated rings. The molecule has 2 amide bonds. The number of nitrogens with zero attached hydrogens (tertiary/aromatic N) is 1. The number of imide groups is 1. The van der Waals surface area contributed by atoms with Crippen LogP contribution in [0.3, 0.4) is 0 Å². The third kappa shape index (κ3) is 4.72. The van der Waals surface area contributed by atoms with E-state index in [1.54, 1.807) is 41.5 Å². The number of hydrogen-bond donors (Lipinski definition) is 0. The summed E-state index contributed by atoms with van der Waals surface area (Å²) in [6.45, 7) is 11.0. The van der Waals surface area contributed by atoms with Gasteiger partial charge in [-0.2, -0.15) is 0 Å². The number of rotatable bonds is 1. The van der Waals surface area contributed by atoms with Gasteiger partial charge in [-0.3, -0.25) is 4.79 Å². The standard InChI is InChI=1S/C15H25NO5/c1-9-8-10(12(18)20-14(2,3)4)16(11(9)17)13(19)21-15(5,6)7/h9-10H,8H2,1-7H3/t9-,10-/m1/s1/i1+1,8D,9D/t8-,9-,10-. The molecule has 0 N–H and O–H groups in total. The van der Waals surface area contributed by atoms with Gasteiger partial charge in [0.2, 0.25) is 5.91 Å². The zero-order valence-electron chi connectivity index (χ0n) is 15.6. The van der Waals surface area contributed by atoms with E-state index in [1.165, 1.54) is 6.92 Å². The van der Waals surface area contributed by atoms with Crippen LogP contribution in [-0.4, -0.2) is 40.1 Å². The fraction of sp³-hybridized carbons (Fsp3) is 0.800. The van der Waals surface area contributed by atoms with Gasteiger partial charge in [-0.25, -0.2) is 14.5 Å². The first-order chi connectivity index (χ1) is 10.1. The Morgan fingerprint density at radius 2 is 1.67 bits per heavy atom. The minimum Gasteiger partial charge on any atom is -0.458 e. The molecule has 0 saturated carbocycles. The highest BCUT2D eigenvalue weighted by Crippen LogP contribution is 2.28. The highest BCUT2D eigenvalue weighted by atomic mass is 16.6. The largest absolute Gasteiger partial charge is 0.458 e. The molecule has 0 bridgehead atoms. The third-order valence-electron chi connectivity index (χ3n) is 2.48. The minimum absolute atomic E-state index is 0.546. The lowest BCUT2D eigenvalue weighted by Gasteiger charge is -2.28. The average Bonchev–Trinajstić information content (AvgIpc) is 2.45. The Morgan fingerprint density at radius 3 is 2.10 bits per heavy atom. The van der Waals surface area contributed by atoms with E-state index in [0.717, 1.165) is 0 Å². The highest BCUT2D eigenvalue weighted by molar-refractivity contribution is 6.00. The molecule has 21 heavy (non-hydrogen) atoms. The molecular formula is C15H25NO5. The van der Waals surface area contributed by atoms with Gasteiger partial charge in [-0.15, -0.1) is 0 Å². The van der Waals surface area contributed by atoms with Crippen molar-refractivity contribution < 1.29 is 26.6 Å². The van der Waals surface area contributed by atoms with Gasteiger partial charge in [0, 0.05) is 8.64 Å². The SMILES string of the molecule is [2H][C@H]1[C@H](C(=O)OC(C)(C)C)N(C(=O)OC(C)(C)C)C(=O)[C@]1([2H])[13CH3]. The molecule has 120 valence electrons. The van der Waals surface area contributed by atoms with E-state index in [4.69, 9.17) is 12.2 Å². The fourth-order valence-electron chi connectivity index (χ4n) is 1.74. The first kappa shape index (κ1) is 14.4. The molecule has 0 aromatic carbocycles. The lowest BCUT2D eigenvalue weighted by molar-refractivity contribution is -0.161. The second-order valence-corrected chi connectivity index (χ2v) is 6.98. The zero-order valence-corrected chi connectivity index (χ0v) is 13.6. The molecule has 0 radical (unpaired) electrons. The maximum Gasteiger partial charge on any atom is 0.417 e. The van der Waals surface area contributed by atoms with Crippen molar-refractivity contribution in [2.75, 3.05) is 0 Å². The van der Waals surface area contributed by atoms with Crippen LogP contribution in [0.4, 0.5) is 4.79 Å². The molecule has 0 aromatic heterocycles. The van der Waals surface area contributed by atoms with Crippen molar-refractivity contribution in [3.8, 4) is 0 Å². The van der Waals surface area contributed by atoms with Gasteiger partial charge >= 0.3 is 12.1 Å². The summed E-state index contributed by atoms with van der Waals surface area (Å²) >= 11 is 0. The molecule has 0 unspecified atom stereocenters. The predicted octanol–water partition coefficient (Wildman–Crippen LogP) is 2.50. The molecule has 0 spiro atoms. The second kappa shape index (κ2) is 5.66. The van der Waals surface area contributed by atoms with Crippen molar-refractivity contribution >= 4 is 18.0 Å². The Labute approximate surface area is 128 Å². The molecule has 0 aliphatic carbocycles. The number of esters is 1. The van der Waals surface area contributed by atoms with Crippen molar-refractivity contribution in [3.63, 3.8) is 0 Å². The Hall–Kier alpha value is -1.59. The Kier molecular flexibility index (Phi) is 3.87. The summed E-state index contributed by atoms with van der Waals surface area (Å²) in [7, 11) is 0. The maximum absolute atomic E-state index is 12.4. The summed E-state index contributed by atoms with van der Waals surface area (Å²) in [5.74, 6) is -3.77. The molecule has 1 saturated heterocycles. The normalized spacial score (nSPS) is 31.6. The summed E-state index contributed by atoms with van der Waals surface area (Å²) < 4.78 is 26.4. The van der Waals surface area contributed by atoms with Crippen LogP contribution in [0.25, 0.3) is 0 Å². The smallest absolute Gasteiger partial charge is 0.417 e. The van der Waals surface area contributed by atoms with Gasteiger partial charge in [-0.1, -0.05) is 6.92 Å². The van der Waals surface area contributed by atoms with E-state index < -0.39 is 47.5 Å². The molecule has 1 aliphatic rings. The molecule has 6 heteroatoms. The molecule has 0 aromatic rings. The molecule has 6 nitrogen and oxygen atoms in total. The molecular weight excluding hydrogens is 275 g/mol. The number of amides is 2. The topological polar surface area (TPSA) is 72.9 Å². The monoisotopic (exact) mass is 302 g/mol. The van der Waals surface area contributed by atoms with Crippen LogP contribution in [0.5, 0.6) is 0 Å². The summed E-state index contributed by atoms with van der Waals surface area (Å²) in [4.78, 5) is 37.6. The van der Waals surface area contributed by atoms with E-state index in [1.807, 2.05) is 0 Å². The van der Waals surface area contributed by atoms with Crippen LogP contribution < -0.4 is 0 Å². The first-order valence-corrected chi connectivity index (χ1v) is 6.79. The fourth-order valence-corrected chi connectivity index (χ4v) is 1.74. The Morgan fingerprint density at radius 1 is 1.19 bits per heavy atom. The van der Waals surface area contributed by atoms with Crippen LogP contribution in [0.1, 0.15) is 57.6 Å². The molecule has 3 atom stereocenters. The lowest BCUT2D eigenvalue weighted by atomic mass is 10.1. The van der Waals surface area contributed by atoms with Gasteiger partial charge in [0.15, 0.2) is 0 Å². The zero-order chi connectivity index (χ0) is 18.4. The third-order valence-corrected chi connectivity index (χ3v) is 2.48. The van der Waals surface area contributed by atoms with Crippen molar-refractivity contribution in [3.05, 3.63) is 0 Å². The Bertz CT molecular complexity index is 519. The van der Waals surface area contributed by atoms with E-state index in [0.29, 0.717) is 4.90 Å². The van der Waals surface area contributed by atoms with Gasteiger partial charge in [0.25, 0.3) is 0 Å². The van der Waals surface area contributed by atoms with Crippen molar-refractivity contribution in [2.24, 2.45) is 5.89 Å². The number of carbonyl (C=O) groups excluding carboxylic acids is 3. The number of likely N-dealkylation sites (tertiary alicyclic amines) is 1. The summed E-state index contributed by atoms with van der Waals surface area (Å²) in [5, 5.41) is 0. The second-order valence-electron chi connectivity index (χ2n) is 6.98. The quantitative estimate of drug-likeness (QED) is 0.549. The highest BCUT2D eigenvalue weighted by Gasteiger charge is 2.47. The predicted molar refractivity (Wildman–Crippen MR) is 76.5 cm³/mol. The number of hydrogen-bond acceptors (Lipinski definition) is 5. The van der Waals surface area contributed by atoms with Crippen molar-refractivity contribution in [1.29, 1.82) is 0 Å². The van der Waals surface area contributed by atoms with Gasteiger partial charge in [0.1, 0.15) is 17.2 Å². The first-order valence-electron chi connectivity index (χ1n) is 7.87. The van der Waals surface area contributed by atoms with E-state index >= 15 is 0 Å². The van der Waals surface area contributed by atoms with Crippen LogP contribution in [0, 0.1) is 5.89 Å². The lowest BCUT2D eigenvalue weighted by Crippen LogP contribution is -2.47. The molecule has 1 rings (SSSR count). The van der Waals surface area contributed by atoms with Crippen LogP contribution >= 0.6 is 0 Å². The Balaban J connectivity index is 3.19. The maximum atomic E-state index is 12.4.